The molecule has 2 aromatic rings. The highest BCUT2D eigenvalue weighted by Crippen LogP contribution is 2.29. The van der Waals surface area contributed by atoms with Crippen LogP contribution < -0.4 is 10.5 Å². The highest BCUT2D eigenvalue weighted by Gasteiger charge is 2.05. The van der Waals surface area contributed by atoms with Gasteiger partial charge >= 0.3 is 0 Å². The second-order valence-electron chi connectivity index (χ2n) is 3.50. The molecule has 1 aromatic heterocycles. The van der Waals surface area contributed by atoms with Crippen LogP contribution in [0.5, 0.6) is 11.6 Å². The third kappa shape index (κ3) is 3.06. The fraction of sp³-hybridized carbons (Fsp3) is 0.0833. The summed E-state index contributed by atoms with van der Waals surface area (Å²) >= 11 is 17.6. The number of benzene rings is 1. The maximum atomic E-state index is 5.91. The first-order chi connectivity index (χ1) is 8.60. The second kappa shape index (κ2) is 5.76. The van der Waals surface area contributed by atoms with Crippen LogP contribution in [0.2, 0.25) is 15.1 Å². The summed E-state index contributed by atoms with van der Waals surface area (Å²) in [5.41, 5.74) is 6.32. The Morgan fingerprint density at radius 3 is 2.50 bits per heavy atom. The van der Waals surface area contributed by atoms with Gasteiger partial charge in [0.2, 0.25) is 5.88 Å². The van der Waals surface area contributed by atoms with Gasteiger partial charge in [-0.05, 0) is 17.7 Å². The van der Waals surface area contributed by atoms with E-state index in [1.807, 2.05) is 0 Å². The molecule has 0 fully saturated rings. The number of rotatable bonds is 3. The molecule has 18 heavy (non-hydrogen) atoms. The van der Waals surface area contributed by atoms with Gasteiger partial charge in [0.15, 0.2) is 0 Å². The first kappa shape index (κ1) is 13.4. The number of hydrogen-bond donors (Lipinski definition) is 1. The normalized spacial score (nSPS) is 10.4. The Morgan fingerprint density at radius 2 is 1.83 bits per heavy atom. The van der Waals surface area contributed by atoms with E-state index in [1.165, 1.54) is 6.20 Å². The Hall–Kier alpha value is -1.00. The van der Waals surface area contributed by atoms with Crippen molar-refractivity contribution >= 4 is 34.8 Å². The van der Waals surface area contributed by atoms with Gasteiger partial charge in [-0.1, -0.05) is 34.8 Å². The largest absolute Gasteiger partial charge is 0.439 e. The highest BCUT2D eigenvalue weighted by atomic mass is 35.5. The van der Waals surface area contributed by atoms with Crippen LogP contribution in [0.25, 0.3) is 0 Å². The third-order valence-electron chi connectivity index (χ3n) is 2.24. The summed E-state index contributed by atoms with van der Waals surface area (Å²) in [5.74, 6) is 0.945. The molecule has 0 spiro atoms. The van der Waals surface area contributed by atoms with Gasteiger partial charge in [-0.25, -0.2) is 4.98 Å². The average molecular weight is 304 g/mol. The summed E-state index contributed by atoms with van der Waals surface area (Å²) in [6.07, 6.45) is 1.50. The van der Waals surface area contributed by atoms with E-state index >= 15 is 0 Å². The van der Waals surface area contributed by atoms with Crippen LogP contribution in [0, 0.1) is 0 Å². The summed E-state index contributed by atoms with van der Waals surface area (Å²) in [5, 5.41) is 1.40. The van der Waals surface area contributed by atoms with Crippen molar-refractivity contribution in [2.45, 2.75) is 6.54 Å². The molecule has 0 aliphatic carbocycles. The maximum absolute atomic E-state index is 5.91. The van der Waals surface area contributed by atoms with Gasteiger partial charge in [-0.3, -0.25) is 0 Å². The number of ether oxygens (including phenoxy) is 1. The van der Waals surface area contributed by atoms with E-state index in [1.54, 1.807) is 24.3 Å². The van der Waals surface area contributed by atoms with Gasteiger partial charge in [-0.2, -0.15) is 0 Å². The number of hydrogen-bond acceptors (Lipinski definition) is 3. The first-order valence-corrected chi connectivity index (χ1v) is 6.21. The standard InChI is InChI=1S/C12H9Cl3N2O/c13-9-2-1-8(4-10(9)14)18-12-3-7(5-16)11(15)6-17-12/h1-4,6H,5,16H2. The lowest BCUT2D eigenvalue weighted by atomic mass is 10.2. The molecule has 1 aromatic carbocycles. The molecule has 1 heterocycles. The molecular formula is C12H9Cl3N2O. The number of aromatic nitrogens is 1. The van der Waals surface area contributed by atoms with Crippen LogP contribution in [0.15, 0.2) is 30.5 Å². The molecule has 3 nitrogen and oxygen atoms in total. The van der Waals surface area contributed by atoms with Crippen LogP contribution >= 0.6 is 34.8 Å². The van der Waals surface area contributed by atoms with Crippen molar-refractivity contribution in [3.05, 3.63) is 51.1 Å². The molecule has 0 aliphatic rings. The van der Waals surface area contributed by atoms with Crippen molar-refractivity contribution in [3.8, 4) is 11.6 Å². The zero-order chi connectivity index (χ0) is 13.1. The summed E-state index contributed by atoms with van der Waals surface area (Å²) in [4.78, 5) is 4.05. The summed E-state index contributed by atoms with van der Waals surface area (Å²) < 4.78 is 5.54. The van der Waals surface area contributed by atoms with E-state index < -0.39 is 0 Å². The van der Waals surface area contributed by atoms with Gasteiger partial charge in [0.05, 0.1) is 15.1 Å². The van der Waals surface area contributed by atoms with Crippen molar-refractivity contribution in [2.75, 3.05) is 0 Å². The molecule has 0 atom stereocenters. The Labute approximate surface area is 119 Å². The van der Waals surface area contributed by atoms with Gasteiger partial charge in [-0.15, -0.1) is 0 Å². The minimum Gasteiger partial charge on any atom is -0.439 e. The molecule has 0 saturated heterocycles. The number of nitrogens with two attached hydrogens (primary N) is 1. The molecule has 6 heteroatoms. The molecule has 0 saturated carbocycles. The SMILES string of the molecule is NCc1cc(Oc2ccc(Cl)c(Cl)c2)ncc1Cl. The van der Waals surface area contributed by atoms with Crippen LogP contribution in [0.3, 0.4) is 0 Å². The molecule has 0 radical (unpaired) electrons. The van der Waals surface area contributed by atoms with Crippen LogP contribution in [0.1, 0.15) is 5.56 Å². The van der Waals surface area contributed by atoms with Crippen molar-refractivity contribution < 1.29 is 4.74 Å². The topological polar surface area (TPSA) is 48.1 Å². The first-order valence-electron chi connectivity index (χ1n) is 5.07. The number of nitrogens with zero attached hydrogens (tertiary/aromatic N) is 1. The van der Waals surface area contributed by atoms with Gasteiger partial charge in [0, 0.05) is 24.9 Å². The molecule has 0 bridgehead atoms. The monoisotopic (exact) mass is 302 g/mol. The predicted molar refractivity (Wildman–Crippen MR) is 73.7 cm³/mol. The van der Waals surface area contributed by atoms with Crippen LogP contribution in [0.4, 0.5) is 0 Å². The van der Waals surface area contributed by atoms with E-state index in [0.717, 1.165) is 5.56 Å². The van der Waals surface area contributed by atoms with Gasteiger partial charge in [0.1, 0.15) is 5.75 Å². The van der Waals surface area contributed by atoms with Crippen LogP contribution in [-0.2, 0) is 6.54 Å². The molecule has 2 rings (SSSR count). The summed E-state index contributed by atoms with van der Waals surface area (Å²) in [6, 6.07) is 6.65. The minimum atomic E-state index is 0.319. The Morgan fingerprint density at radius 1 is 1.06 bits per heavy atom. The molecule has 94 valence electrons. The van der Waals surface area contributed by atoms with Crippen molar-refractivity contribution in [1.29, 1.82) is 0 Å². The van der Waals surface area contributed by atoms with Crippen molar-refractivity contribution in [1.82, 2.24) is 4.98 Å². The Kier molecular flexibility index (Phi) is 4.30. The Bertz CT molecular complexity index is 575. The lowest BCUT2D eigenvalue weighted by Crippen LogP contribution is -1.99. The molecular weight excluding hydrogens is 295 g/mol. The lowest BCUT2D eigenvalue weighted by molar-refractivity contribution is 0.462. The zero-order valence-corrected chi connectivity index (χ0v) is 11.4. The van der Waals surface area contributed by atoms with E-state index in [9.17, 15) is 0 Å². The lowest BCUT2D eigenvalue weighted by Gasteiger charge is -2.07. The average Bonchev–Trinajstić information content (AvgIpc) is 2.36. The fourth-order valence-electron chi connectivity index (χ4n) is 1.33. The molecule has 0 unspecified atom stereocenters. The maximum Gasteiger partial charge on any atom is 0.219 e. The van der Waals surface area contributed by atoms with E-state index in [-0.39, 0.29) is 0 Å². The van der Waals surface area contributed by atoms with E-state index in [0.29, 0.717) is 33.2 Å². The number of halogens is 3. The van der Waals surface area contributed by atoms with Crippen molar-refractivity contribution in [3.63, 3.8) is 0 Å². The van der Waals surface area contributed by atoms with E-state index in [4.69, 9.17) is 45.3 Å². The Balaban J connectivity index is 2.25. The second-order valence-corrected chi connectivity index (χ2v) is 4.72. The van der Waals surface area contributed by atoms with Gasteiger partial charge in [0.25, 0.3) is 0 Å². The van der Waals surface area contributed by atoms with Crippen molar-refractivity contribution in [2.24, 2.45) is 5.73 Å². The number of pyridine rings is 1. The minimum absolute atomic E-state index is 0.319. The summed E-state index contributed by atoms with van der Waals surface area (Å²) in [6.45, 7) is 0.319. The van der Waals surface area contributed by atoms with E-state index in [2.05, 4.69) is 4.98 Å². The van der Waals surface area contributed by atoms with Crippen LogP contribution in [-0.4, -0.2) is 4.98 Å². The summed E-state index contributed by atoms with van der Waals surface area (Å²) in [7, 11) is 0. The fourth-order valence-corrected chi connectivity index (χ4v) is 1.80. The third-order valence-corrected chi connectivity index (χ3v) is 3.32. The highest BCUT2D eigenvalue weighted by molar-refractivity contribution is 6.42. The quantitative estimate of drug-likeness (QED) is 0.920. The predicted octanol–water partition coefficient (Wildman–Crippen LogP) is 4.29. The molecule has 2 N–H and O–H groups in total. The smallest absolute Gasteiger partial charge is 0.219 e. The van der Waals surface area contributed by atoms with Gasteiger partial charge < -0.3 is 10.5 Å². The zero-order valence-electron chi connectivity index (χ0n) is 9.16. The molecule has 0 amide bonds. The molecule has 0 aliphatic heterocycles.